The van der Waals surface area contributed by atoms with E-state index in [9.17, 15) is 9.00 Å². The molecular weight excluding hydrogens is 270 g/mol. The van der Waals surface area contributed by atoms with E-state index in [0.29, 0.717) is 22.9 Å². The van der Waals surface area contributed by atoms with Crippen LogP contribution in [0.2, 0.25) is 0 Å². The second-order valence-electron chi connectivity index (χ2n) is 3.75. The second-order valence-corrected chi connectivity index (χ2v) is 6.36. The highest BCUT2D eigenvalue weighted by molar-refractivity contribution is 7.84. The molecule has 1 amide bonds. The average molecular weight is 283 g/mol. The first kappa shape index (κ1) is 13.0. The largest absolute Gasteiger partial charge is 0.397 e. The van der Waals surface area contributed by atoms with Crippen LogP contribution < -0.4 is 11.1 Å². The number of hydrogen-bond donors (Lipinski definition) is 2. The summed E-state index contributed by atoms with van der Waals surface area (Å²) in [5.74, 6) is 0.220. The third-order valence-corrected chi connectivity index (χ3v) is 4.35. The van der Waals surface area contributed by atoms with Crippen LogP contribution in [0.3, 0.4) is 0 Å². The molecule has 7 heteroatoms. The summed E-state index contributed by atoms with van der Waals surface area (Å²) in [6, 6.07) is 1.79. The lowest BCUT2D eigenvalue weighted by atomic mass is 10.2. The first-order valence-electron chi connectivity index (χ1n) is 5.30. The predicted octanol–water partition coefficient (Wildman–Crippen LogP) is 0.987. The molecule has 2 aromatic heterocycles. The van der Waals surface area contributed by atoms with Crippen molar-refractivity contribution in [2.24, 2.45) is 0 Å². The Hall–Kier alpha value is -1.47. The van der Waals surface area contributed by atoms with E-state index in [0.717, 1.165) is 10.1 Å². The van der Waals surface area contributed by atoms with Gasteiger partial charge in [0, 0.05) is 47.1 Å². The van der Waals surface area contributed by atoms with Crippen molar-refractivity contribution in [2.75, 3.05) is 24.3 Å². The molecule has 0 radical (unpaired) electrons. The van der Waals surface area contributed by atoms with E-state index in [-0.39, 0.29) is 5.91 Å². The van der Waals surface area contributed by atoms with Crippen LogP contribution in [0, 0.1) is 0 Å². The fourth-order valence-corrected chi connectivity index (χ4v) is 2.92. The van der Waals surface area contributed by atoms with Crippen LogP contribution in [0.25, 0.3) is 10.1 Å². The van der Waals surface area contributed by atoms with Crippen LogP contribution in [-0.2, 0) is 10.8 Å². The van der Waals surface area contributed by atoms with Gasteiger partial charge in [0.2, 0.25) is 0 Å². The maximum absolute atomic E-state index is 11.9. The molecule has 0 aliphatic carbocycles. The van der Waals surface area contributed by atoms with E-state index in [4.69, 9.17) is 5.73 Å². The van der Waals surface area contributed by atoms with E-state index in [1.165, 1.54) is 11.3 Å². The summed E-state index contributed by atoms with van der Waals surface area (Å²) in [6.45, 7) is 0.383. The fourth-order valence-electron chi connectivity index (χ4n) is 1.53. The number of amides is 1. The van der Waals surface area contributed by atoms with E-state index in [1.54, 1.807) is 24.7 Å². The Balaban J connectivity index is 2.17. The summed E-state index contributed by atoms with van der Waals surface area (Å²) < 4.78 is 11.8. The van der Waals surface area contributed by atoms with Gasteiger partial charge >= 0.3 is 0 Å². The van der Waals surface area contributed by atoms with Gasteiger partial charge in [-0.3, -0.25) is 14.0 Å². The molecule has 3 N–H and O–H groups in total. The summed E-state index contributed by atoms with van der Waals surface area (Å²) in [6.07, 6.45) is 4.94. The number of carbonyl (C=O) groups is 1. The van der Waals surface area contributed by atoms with Crippen molar-refractivity contribution in [2.45, 2.75) is 0 Å². The lowest BCUT2D eigenvalue weighted by Crippen LogP contribution is -2.27. The van der Waals surface area contributed by atoms with Crippen LogP contribution in [0.15, 0.2) is 18.5 Å². The highest BCUT2D eigenvalue weighted by Gasteiger charge is 2.15. The number of nitrogens with one attached hydrogen (secondary N) is 1. The normalized spacial score (nSPS) is 12.5. The molecule has 0 saturated carbocycles. The van der Waals surface area contributed by atoms with E-state index < -0.39 is 10.8 Å². The van der Waals surface area contributed by atoms with Gasteiger partial charge in [-0.05, 0) is 6.07 Å². The van der Waals surface area contributed by atoms with Gasteiger partial charge in [0.25, 0.3) is 5.91 Å². The minimum absolute atomic E-state index is 0.223. The number of hydrogen-bond acceptors (Lipinski definition) is 5. The van der Waals surface area contributed by atoms with E-state index >= 15 is 0 Å². The molecule has 0 aromatic carbocycles. The van der Waals surface area contributed by atoms with Crippen LogP contribution >= 0.6 is 11.3 Å². The molecule has 0 spiro atoms. The molecule has 0 aliphatic heterocycles. The number of nitrogens with two attached hydrogens (primary N) is 1. The number of nitrogens with zero attached hydrogens (tertiary/aromatic N) is 1. The summed E-state index contributed by atoms with van der Waals surface area (Å²) in [5, 5.41) is 3.56. The van der Waals surface area contributed by atoms with Gasteiger partial charge in [0.05, 0.1) is 10.4 Å². The highest BCUT2D eigenvalue weighted by atomic mass is 32.2. The van der Waals surface area contributed by atoms with Crippen LogP contribution in [-0.4, -0.2) is 33.7 Å². The molecule has 5 nitrogen and oxygen atoms in total. The number of thiophene rings is 1. The molecule has 96 valence electrons. The Morgan fingerprint density at radius 2 is 2.39 bits per heavy atom. The lowest BCUT2D eigenvalue weighted by molar-refractivity contribution is 0.0961. The molecule has 2 heterocycles. The number of pyridine rings is 1. The molecule has 0 fully saturated rings. The first-order valence-corrected chi connectivity index (χ1v) is 7.84. The van der Waals surface area contributed by atoms with Crippen molar-refractivity contribution < 1.29 is 9.00 Å². The quantitative estimate of drug-likeness (QED) is 0.876. The van der Waals surface area contributed by atoms with Crippen LogP contribution in [0.4, 0.5) is 5.69 Å². The van der Waals surface area contributed by atoms with Crippen molar-refractivity contribution in [1.82, 2.24) is 10.3 Å². The Labute approximate surface area is 111 Å². The Morgan fingerprint density at radius 1 is 1.61 bits per heavy atom. The van der Waals surface area contributed by atoms with Crippen LogP contribution in [0.1, 0.15) is 9.67 Å². The third-order valence-electron chi connectivity index (χ3n) is 2.41. The van der Waals surface area contributed by atoms with E-state index in [1.807, 2.05) is 0 Å². The molecule has 0 bridgehead atoms. The molecule has 1 unspecified atom stereocenters. The van der Waals surface area contributed by atoms with Crippen molar-refractivity contribution in [3.63, 3.8) is 0 Å². The van der Waals surface area contributed by atoms with Crippen molar-refractivity contribution >= 4 is 43.8 Å². The van der Waals surface area contributed by atoms with Crippen molar-refractivity contribution in [3.8, 4) is 0 Å². The average Bonchev–Trinajstić information content (AvgIpc) is 2.67. The minimum Gasteiger partial charge on any atom is -0.397 e. The van der Waals surface area contributed by atoms with Gasteiger partial charge < -0.3 is 11.1 Å². The zero-order valence-electron chi connectivity index (χ0n) is 9.80. The molecule has 2 aromatic rings. The smallest absolute Gasteiger partial charge is 0.263 e. The molecule has 1 atom stereocenters. The Bertz CT molecular complexity index is 609. The summed E-state index contributed by atoms with van der Waals surface area (Å²) in [7, 11) is -0.911. The number of anilines is 1. The van der Waals surface area contributed by atoms with Crippen molar-refractivity contribution in [3.05, 3.63) is 23.3 Å². The predicted molar refractivity (Wildman–Crippen MR) is 75.3 cm³/mol. The minimum atomic E-state index is -0.911. The maximum Gasteiger partial charge on any atom is 0.263 e. The van der Waals surface area contributed by atoms with Gasteiger partial charge in [0.15, 0.2) is 0 Å². The third kappa shape index (κ3) is 2.68. The molecular formula is C11H13N3O2S2. The van der Waals surface area contributed by atoms with Crippen LogP contribution in [0.5, 0.6) is 0 Å². The SMILES string of the molecule is CS(=O)CCNC(=O)c1sc2cnccc2c1N. The Kier molecular flexibility index (Phi) is 3.93. The maximum atomic E-state index is 11.9. The summed E-state index contributed by atoms with van der Waals surface area (Å²) in [5.41, 5.74) is 6.41. The summed E-state index contributed by atoms with van der Waals surface area (Å²) >= 11 is 1.32. The highest BCUT2D eigenvalue weighted by Crippen LogP contribution is 2.32. The van der Waals surface area contributed by atoms with Gasteiger partial charge in [0.1, 0.15) is 4.88 Å². The van der Waals surface area contributed by atoms with Gasteiger partial charge in [-0.25, -0.2) is 0 Å². The van der Waals surface area contributed by atoms with E-state index in [2.05, 4.69) is 10.3 Å². The number of rotatable bonds is 4. The topological polar surface area (TPSA) is 85.1 Å². The zero-order valence-corrected chi connectivity index (χ0v) is 11.4. The Morgan fingerprint density at radius 3 is 3.06 bits per heavy atom. The zero-order chi connectivity index (χ0) is 13.1. The van der Waals surface area contributed by atoms with Gasteiger partial charge in [-0.1, -0.05) is 0 Å². The molecule has 2 rings (SSSR count). The number of aromatic nitrogens is 1. The monoisotopic (exact) mass is 283 g/mol. The number of nitrogen functional groups attached to an aromatic ring is 1. The summed E-state index contributed by atoms with van der Waals surface area (Å²) in [4.78, 5) is 16.4. The van der Waals surface area contributed by atoms with Gasteiger partial charge in [-0.2, -0.15) is 0 Å². The first-order chi connectivity index (χ1) is 8.59. The molecule has 18 heavy (non-hydrogen) atoms. The standard InChI is InChI=1S/C11H13N3O2S2/c1-18(16)5-4-14-11(15)10-9(12)7-2-3-13-6-8(7)17-10/h2-3,6H,4-5,12H2,1H3,(H,14,15). The molecule has 0 aliphatic rings. The number of fused-ring (bicyclic) bond motifs is 1. The van der Waals surface area contributed by atoms with Gasteiger partial charge in [-0.15, -0.1) is 11.3 Å². The van der Waals surface area contributed by atoms with Crippen molar-refractivity contribution in [1.29, 1.82) is 0 Å². The fraction of sp³-hybridized carbons (Fsp3) is 0.273. The number of carbonyl (C=O) groups excluding carboxylic acids is 1. The molecule has 0 saturated heterocycles. The lowest BCUT2D eigenvalue weighted by Gasteiger charge is -2.02. The second kappa shape index (κ2) is 5.45.